The van der Waals surface area contributed by atoms with E-state index in [9.17, 15) is 14.4 Å². The second-order valence-corrected chi connectivity index (χ2v) is 6.70. The van der Waals surface area contributed by atoms with Crippen molar-refractivity contribution in [3.63, 3.8) is 0 Å². The molecule has 1 aliphatic heterocycles. The van der Waals surface area contributed by atoms with E-state index in [2.05, 4.69) is 5.32 Å². The van der Waals surface area contributed by atoms with Crippen molar-refractivity contribution in [3.8, 4) is 17.2 Å². The summed E-state index contributed by atoms with van der Waals surface area (Å²) < 4.78 is 21.3. The van der Waals surface area contributed by atoms with E-state index < -0.39 is 24.5 Å². The number of carbonyl (C=O) groups is 3. The molecule has 158 valence electrons. The lowest BCUT2D eigenvalue weighted by atomic mass is 10.0. The van der Waals surface area contributed by atoms with Gasteiger partial charge in [-0.3, -0.25) is 9.59 Å². The summed E-state index contributed by atoms with van der Waals surface area (Å²) >= 11 is 0. The zero-order valence-electron chi connectivity index (χ0n) is 16.8. The van der Waals surface area contributed by atoms with Crippen molar-refractivity contribution in [2.45, 2.75) is 19.4 Å². The number of ether oxygens (including phenoxy) is 4. The highest BCUT2D eigenvalue weighted by Crippen LogP contribution is 2.40. The molecule has 0 unspecified atom stereocenters. The topological polar surface area (TPSA) is 100 Å². The van der Waals surface area contributed by atoms with Gasteiger partial charge in [-0.1, -0.05) is 30.3 Å². The Morgan fingerprint density at radius 3 is 2.53 bits per heavy atom. The van der Waals surface area contributed by atoms with E-state index in [1.165, 1.54) is 26.2 Å². The number of nitrogens with one attached hydrogen (secondary N) is 1. The van der Waals surface area contributed by atoms with Gasteiger partial charge >= 0.3 is 5.97 Å². The van der Waals surface area contributed by atoms with Crippen LogP contribution in [-0.2, 0) is 20.7 Å². The lowest BCUT2D eigenvalue weighted by Gasteiger charge is -2.21. The van der Waals surface area contributed by atoms with Crippen molar-refractivity contribution in [1.29, 1.82) is 0 Å². The molecule has 30 heavy (non-hydrogen) atoms. The van der Waals surface area contributed by atoms with Crippen LogP contribution < -0.4 is 19.5 Å². The minimum atomic E-state index is -0.720. The summed E-state index contributed by atoms with van der Waals surface area (Å²) in [6.07, 6.45) is 0.356. The lowest BCUT2D eigenvalue weighted by Crippen LogP contribution is -2.43. The van der Waals surface area contributed by atoms with Crippen molar-refractivity contribution in [1.82, 2.24) is 5.32 Å². The largest absolute Gasteiger partial charge is 0.493 e. The van der Waals surface area contributed by atoms with Crippen LogP contribution in [0.5, 0.6) is 17.2 Å². The second-order valence-electron chi connectivity index (χ2n) is 6.70. The molecular formula is C22H23NO7. The van der Waals surface area contributed by atoms with Crippen LogP contribution in [0.25, 0.3) is 0 Å². The Balaban J connectivity index is 1.59. The summed E-state index contributed by atoms with van der Waals surface area (Å²) in [7, 11) is 1.45. The number of esters is 1. The predicted octanol–water partition coefficient (Wildman–Crippen LogP) is 1.94. The smallest absolute Gasteiger partial charge is 0.338 e. The predicted molar refractivity (Wildman–Crippen MR) is 107 cm³/mol. The molecule has 1 heterocycles. The molecule has 3 rings (SSSR count). The monoisotopic (exact) mass is 413 g/mol. The molecule has 0 aliphatic carbocycles. The molecule has 0 bridgehead atoms. The van der Waals surface area contributed by atoms with Gasteiger partial charge in [0.1, 0.15) is 13.2 Å². The van der Waals surface area contributed by atoms with E-state index in [1.807, 2.05) is 30.3 Å². The maximum atomic E-state index is 12.4. The van der Waals surface area contributed by atoms with Gasteiger partial charge in [-0.2, -0.15) is 0 Å². The van der Waals surface area contributed by atoms with Crippen LogP contribution in [0.1, 0.15) is 22.8 Å². The fraction of sp³-hybridized carbons (Fsp3) is 0.318. The Morgan fingerprint density at radius 1 is 1.10 bits per heavy atom. The summed E-state index contributed by atoms with van der Waals surface area (Å²) in [5, 5.41) is 2.61. The van der Waals surface area contributed by atoms with Gasteiger partial charge in [0.2, 0.25) is 5.75 Å². The van der Waals surface area contributed by atoms with E-state index >= 15 is 0 Å². The third-order valence-electron chi connectivity index (χ3n) is 4.51. The Bertz CT molecular complexity index is 909. The highest BCUT2D eigenvalue weighted by Gasteiger charge is 2.23. The number of methoxy groups -OCH3 is 1. The summed E-state index contributed by atoms with van der Waals surface area (Å²) in [5.74, 6) is -0.343. The van der Waals surface area contributed by atoms with Gasteiger partial charge in [-0.05, 0) is 31.0 Å². The Labute approximate surface area is 174 Å². The number of hydrogen-bond donors (Lipinski definition) is 1. The number of amides is 1. The summed E-state index contributed by atoms with van der Waals surface area (Å²) in [4.78, 5) is 36.5. The molecule has 0 saturated carbocycles. The quantitative estimate of drug-likeness (QED) is 0.660. The molecule has 2 aromatic carbocycles. The third kappa shape index (κ3) is 5.28. The number of fused-ring (bicyclic) bond motifs is 1. The van der Waals surface area contributed by atoms with Gasteiger partial charge in [-0.15, -0.1) is 0 Å². The maximum absolute atomic E-state index is 12.4. The minimum Gasteiger partial charge on any atom is -0.493 e. The lowest BCUT2D eigenvalue weighted by molar-refractivity contribution is -0.128. The zero-order chi connectivity index (χ0) is 21.5. The number of benzene rings is 2. The molecule has 0 fully saturated rings. The molecule has 1 aliphatic rings. The van der Waals surface area contributed by atoms with E-state index in [-0.39, 0.29) is 11.3 Å². The molecular weight excluding hydrogens is 390 g/mol. The highest BCUT2D eigenvalue weighted by molar-refractivity contribution is 5.93. The summed E-state index contributed by atoms with van der Waals surface area (Å²) in [5.41, 5.74) is 1.08. The van der Waals surface area contributed by atoms with Crippen molar-refractivity contribution in [2.75, 3.05) is 26.9 Å². The van der Waals surface area contributed by atoms with E-state index in [4.69, 9.17) is 18.9 Å². The molecule has 1 amide bonds. The molecule has 0 spiro atoms. The average Bonchev–Trinajstić information content (AvgIpc) is 2.76. The highest BCUT2D eigenvalue weighted by atomic mass is 16.6. The van der Waals surface area contributed by atoms with Gasteiger partial charge in [-0.25, -0.2) is 4.79 Å². The average molecular weight is 413 g/mol. The molecule has 8 nitrogen and oxygen atoms in total. The van der Waals surface area contributed by atoms with Gasteiger partial charge in [0.05, 0.1) is 18.7 Å². The van der Waals surface area contributed by atoms with Crippen LogP contribution in [0.3, 0.4) is 0 Å². The SMILES string of the molecule is COc1cc(C(=O)OCC(=O)N[C@@H](Cc2ccccc2)C(C)=O)cc2c1OCCO2. The van der Waals surface area contributed by atoms with Gasteiger partial charge < -0.3 is 24.3 Å². The Hall–Kier alpha value is -3.55. The van der Waals surface area contributed by atoms with Crippen LogP contribution in [0.15, 0.2) is 42.5 Å². The van der Waals surface area contributed by atoms with E-state index in [0.717, 1.165) is 5.56 Å². The molecule has 1 atom stereocenters. The number of hydrogen-bond acceptors (Lipinski definition) is 7. The summed E-state index contributed by atoms with van der Waals surface area (Å²) in [6.45, 7) is 1.62. The molecule has 0 saturated heterocycles. The maximum Gasteiger partial charge on any atom is 0.338 e. The molecule has 2 aromatic rings. The van der Waals surface area contributed by atoms with Crippen LogP contribution in [0, 0.1) is 0 Å². The normalized spacial score (nSPS) is 13.1. The molecule has 1 N–H and O–H groups in total. The van der Waals surface area contributed by atoms with Gasteiger partial charge in [0, 0.05) is 0 Å². The van der Waals surface area contributed by atoms with Crippen LogP contribution in [0.2, 0.25) is 0 Å². The number of carbonyl (C=O) groups excluding carboxylic acids is 3. The van der Waals surface area contributed by atoms with Crippen LogP contribution in [0.4, 0.5) is 0 Å². The number of rotatable bonds is 8. The first-order valence-electron chi connectivity index (χ1n) is 9.46. The van der Waals surface area contributed by atoms with Crippen molar-refractivity contribution < 1.29 is 33.3 Å². The molecule has 8 heteroatoms. The first kappa shape index (κ1) is 21.2. The number of ketones is 1. The summed E-state index contributed by atoms with van der Waals surface area (Å²) in [6, 6.07) is 11.6. The van der Waals surface area contributed by atoms with Crippen LogP contribution in [-0.4, -0.2) is 50.6 Å². The Morgan fingerprint density at radius 2 is 1.83 bits per heavy atom. The second kappa shape index (κ2) is 9.78. The standard InChI is InChI=1S/C22H23NO7/c1-14(24)17(10-15-6-4-3-5-7-15)23-20(25)13-30-22(26)16-11-18(27-2)21-19(12-16)28-8-9-29-21/h3-7,11-12,17H,8-10,13H2,1-2H3,(H,23,25)/t17-/m0/s1. The number of Topliss-reactive ketones (excluding diaryl/α,β-unsaturated/α-hetero) is 1. The molecule has 0 radical (unpaired) electrons. The van der Waals surface area contributed by atoms with Crippen LogP contribution >= 0.6 is 0 Å². The molecule has 0 aromatic heterocycles. The van der Waals surface area contributed by atoms with E-state index in [0.29, 0.717) is 36.9 Å². The minimum absolute atomic E-state index is 0.163. The Kier molecular flexibility index (Phi) is 6.90. The third-order valence-corrected chi connectivity index (χ3v) is 4.51. The zero-order valence-corrected chi connectivity index (χ0v) is 16.8. The fourth-order valence-corrected chi connectivity index (χ4v) is 2.99. The van der Waals surface area contributed by atoms with Gasteiger partial charge in [0.15, 0.2) is 23.9 Å². The van der Waals surface area contributed by atoms with Crippen molar-refractivity contribution in [3.05, 3.63) is 53.6 Å². The van der Waals surface area contributed by atoms with Crippen molar-refractivity contribution >= 4 is 17.7 Å². The fourth-order valence-electron chi connectivity index (χ4n) is 2.99. The first-order chi connectivity index (χ1) is 14.5. The van der Waals surface area contributed by atoms with Crippen molar-refractivity contribution in [2.24, 2.45) is 0 Å². The first-order valence-corrected chi connectivity index (χ1v) is 9.46. The van der Waals surface area contributed by atoms with E-state index in [1.54, 1.807) is 0 Å². The van der Waals surface area contributed by atoms with Gasteiger partial charge in [0.25, 0.3) is 5.91 Å².